The number of carbonyl (C=O) groups excluding carboxylic acids is 1. The molecule has 32 heavy (non-hydrogen) atoms. The maximum Gasteiger partial charge on any atom is 0.257 e. The number of hydrogen-bond donors (Lipinski definition) is 2. The SMILES string of the molecule is C[C@@H]1CN(c2ccc(C(=O)Nc3cc(F)c4nn(C)cc4c3)c3nccnc23)C[C@H](C)N1. The van der Waals surface area contributed by atoms with Gasteiger partial charge in [-0.3, -0.25) is 19.4 Å². The van der Waals surface area contributed by atoms with Gasteiger partial charge >= 0.3 is 0 Å². The largest absolute Gasteiger partial charge is 0.367 e. The number of nitrogens with one attached hydrogen (secondary N) is 2. The van der Waals surface area contributed by atoms with E-state index in [1.54, 1.807) is 42.5 Å². The summed E-state index contributed by atoms with van der Waals surface area (Å²) in [7, 11) is 1.73. The summed E-state index contributed by atoms with van der Waals surface area (Å²) in [5.41, 5.74) is 3.16. The highest BCUT2D eigenvalue weighted by Gasteiger charge is 2.24. The summed E-state index contributed by atoms with van der Waals surface area (Å²) in [6.07, 6.45) is 4.92. The number of anilines is 2. The predicted molar refractivity (Wildman–Crippen MR) is 122 cm³/mol. The third-order valence-corrected chi connectivity index (χ3v) is 5.68. The highest BCUT2D eigenvalue weighted by molar-refractivity contribution is 6.13. The molecule has 164 valence electrons. The van der Waals surface area contributed by atoms with Gasteiger partial charge < -0.3 is 15.5 Å². The lowest BCUT2D eigenvalue weighted by atomic mass is 10.1. The van der Waals surface area contributed by atoms with Gasteiger partial charge in [0.25, 0.3) is 5.91 Å². The first kappa shape index (κ1) is 20.3. The molecule has 1 amide bonds. The van der Waals surface area contributed by atoms with Crippen molar-refractivity contribution in [3.05, 3.63) is 54.2 Å². The Labute approximate surface area is 184 Å². The fraction of sp³-hybridized carbons (Fsp3) is 0.304. The molecule has 0 saturated carbocycles. The van der Waals surface area contributed by atoms with E-state index in [2.05, 4.69) is 44.4 Å². The summed E-state index contributed by atoms with van der Waals surface area (Å²) in [5.74, 6) is -0.855. The fourth-order valence-electron chi connectivity index (χ4n) is 4.49. The number of nitrogens with zero attached hydrogens (tertiary/aromatic N) is 5. The summed E-state index contributed by atoms with van der Waals surface area (Å²) in [5, 5.41) is 11.0. The van der Waals surface area contributed by atoms with Crippen LogP contribution in [-0.2, 0) is 7.05 Å². The Hall–Kier alpha value is -3.59. The average molecular weight is 433 g/mol. The molecule has 5 rings (SSSR count). The van der Waals surface area contributed by atoms with Gasteiger partial charge in [-0.15, -0.1) is 0 Å². The number of carbonyl (C=O) groups is 1. The number of halogens is 1. The molecule has 2 aromatic carbocycles. The first-order valence-electron chi connectivity index (χ1n) is 10.6. The van der Waals surface area contributed by atoms with Gasteiger partial charge in [-0.2, -0.15) is 5.10 Å². The third-order valence-electron chi connectivity index (χ3n) is 5.68. The number of benzene rings is 2. The molecule has 0 radical (unpaired) electrons. The van der Waals surface area contributed by atoms with Crippen LogP contribution in [0.4, 0.5) is 15.8 Å². The minimum Gasteiger partial charge on any atom is -0.367 e. The maximum atomic E-state index is 14.4. The van der Waals surface area contributed by atoms with Crippen molar-refractivity contribution < 1.29 is 9.18 Å². The Bertz CT molecular complexity index is 1320. The summed E-state index contributed by atoms with van der Waals surface area (Å²) in [4.78, 5) is 24.4. The molecule has 1 saturated heterocycles. The van der Waals surface area contributed by atoms with Crippen LogP contribution in [0.25, 0.3) is 21.9 Å². The van der Waals surface area contributed by atoms with Gasteiger partial charge in [-0.1, -0.05) is 0 Å². The Morgan fingerprint density at radius 2 is 1.81 bits per heavy atom. The zero-order chi connectivity index (χ0) is 22.4. The molecule has 1 fully saturated rings. The number of amides is 1. The minimum absolute atomic E-state index is 0.269. The molecule has 0 spiro atoms. The highest BCUT2D eigenvalue weighted by atomic mass is 19.1. The Kier molecular flexibility index (Phi) is 4.97. The smallest absolute Gasteiger partial charge is 0.257 e. The molecule has 2 N–H and O–H groups in total. The fourth-order valence-corrected chi connectivity index (χ4v) is 4.49. The van der Waals surface area contributed by atoms with Crippen LogP contribution in [0.2, 0.25) is 0 Å². The molecule has 2 aromatic heterocycles. The van der Waals surface area contributed by atoms with E-state index in [0.717, 1.165) is 18.8 Å². The predicted octanol–water partition coefficient (Wildman–Crippen LogP) is 3.09. The molecule has 0 bridgehead atoms. The summed E-state index contributed by atoms with van der Waals surface area (Å²) in [6, 6.07) is 7.34. The molecular weight excluding hydrogens is 409 g/mol. The van der Waals surface area contributed by atoms with Crippen molar-refractivity contribution in [2.75, 3.05) is 23.3 Å². The summed E-state index contributed by atoms with van der Waals surface area (Å²) < 4.78 is 16.0. The second-order valence-electron chi connectivity index (χ2n) is 8.41. The van der Waals surface area contributed by atoms with Crippen LogP contribution in [-0.4, -0.2) is 50.8 Å². The van der Waals surface area contributed by atoms with Gasteiger partial charge in [0.15, 0.2) is 5.82 Å². The summed E-state index contributed by atoms with van der Waals surface area (Å²) >= 11 is 0. The lowest BCUT2D eigenvalue weighted by Gasteiger charge is -2.38. The molecule has 4 aromatic rings. The number of piperazine rings is 1. The number of rotatable bonds is 3. The van der Waals surface area contributed by atoms with Gasteiger partial charge in [0.1, 0.15) is 16.6 Å². The number of aromatic nitrogens is 4. The van der Waals surface area contributed by atoms with Crippen molar-refractivity contribution in [1.82, 2.24) is 25.1 Å². The van der Waals surface area contributed by atoms with Crippen LogP contribution < -0.4 is 15.5 Å². The van der Waals surface area contributed by atoms with Crippen molar-refractivity contribution in [3.8, 4) is 0 Å². The maximum absolute atomic E-state index is 14.4. The van der Waals surface area contributed by atoms with E-state index in [0.29, 0.717) is 39.8 Å². The van der Waals surface area contributed by atoms with Crippen LogP contribution in [0.3, 0.4) is 0 Å². The molecule has 1 aliphatic heterocycles. The Balaban J connectivity index is 1.50. The second-order valence-corrected chi connectivity index (χ2v) is 8.41. The summed E-state index contributed by atoms with van der Waals surface area (Å²) in [6.45, 7) is 5.98. The van der Waals surface area contributed by atoms with E-state index in [-0.39, 0.29) is 11.4 Å². The van der Waals surface area contributed by atoms with Crippen molar-refractivity contribution in [3.63, 3.8) is 0 Å². The number of aryl methyl sites for hydroxylation is 1. The minimum atomic E-state index is -0.486. The molecule has 3 heterocycles. The lowest BCUT2D eigenvalue weighted by Crippen LogP contribution is -2.54. The Morgan fingerprint density at radius 1 is 1.09 bits per heavy atom. The van der Waals surface area contributed by atoms with E-state index in [1.807, 2.05) is 6.07 Å². The Morgan fingerprint density at radius 3 is 2.56 bits per heavy atom. The first-order chi connectivity index (χ1) is 15.4. The number of hydrogen-bond acceptors (Lipinski definition) is 6. The van der Waals surface area contributed by atoms with E-state index < -0.39 is 5.82 Å². The topological polar surface area (TPSA) is 88.0 Å². The van der Waals surface area contributed by atoms with Crippen molar-refractivity contribution >= 4 is 39.2 Å². The van der Waals surface area contributed by atoms with Gasteiger partial charge in [-0.25, -0.2) is 4.39 Å². The van der Waals surface area contributed by atoms with Crippen LogP contribution in [0.15, 0.2) is 42.9 Å². The van der Waals surface area contributed by atoms with E-state index in [9.17, 15) is 9.18 Å². The number of fused-ring (bicyclic) bond motifs is 2. The standard InChI is InChI=1S/C23H24FN7O/c1-13-10-31(11-14(2)27-13)19-5-4-17(21-22(19)26-7-6-25-21)23(32)28-16-8-15-12-30(3)29-20(15)18(24)9-16/h4-9,12-14,27H,10-11H2,1-3H3,(H,28,32)/t13-,14+. The van der Waals surface area contributed by atoms with Gasteiger partial charge in [0, 0.05) is 61.9 Å². The third kappa shape index (κ3) is 3.64. The first-order valence-corrected chi connectivity index (χ1v) is 10.6. The molecule has 2 atom stereocenters. The average Bonchev–Trinajstić information content (AvgIpc) is 3.13. The lowest BCUT2D eigenvalue weighted by molar-refractivity contribution is 0.102. The van der Waals surface area contributed by atoms with Crippen LogP contribution in [0.1, 0.15) is 24.2 Å². The zero-order valence-corrected chi connectivity index (χ0v) is 18.1. The molecule has 1 aliphatic rings. The molecule has 0 unspecified atom stereocenters. The van der Waals surface area contributed by atoms with E-state index >= 15 is 0 Å². The van der Waals surface area contributed by atoms with Crippen molar-refractivity contribution in [1.29, 1.82) is 0 Å². The van der Waals surface area contributed by atoms with Gasteiger partial charge in [0.2, 0.25) is 0 Å². The van der Waals surface area contributed by atoms with E-state index in [1.165, 1.54) is 6.07 Å². The monoisotopic (exact) mass is 433 g/mol. The van der Waals surface area contributed by atoms with E-state index in [4.69, 9.17) is 0 Å². The van der Waals surface area contributed by atoms with Gasteiger partial charge in [-0.05, 0) is 38.1 Å². The van der Waals surface area contributed by atoms with Crippen LogP contribution in [0.5, 0.6) is 0 Å². The van der Waals surface area contributed by atoms with Crippen molar-refractivity contribution in [2.24, 2.45) is 7.05 Å². The second kappa shape index (κ2) is 7.83. The molecule has 8 nitrogen and oxygen atoms in total. The quantitative estimate of drug-likeness (QED) is 0.516. The highest BCUT2D eigenvalue weighted by Crippen LogP contribution is 2.29. The zero-order valence-electron chi connectivity index (χ0n) is 18.1. The normalized spacial score (nSPS) is 18.9. The van der Waals surface area contributed by atoms with Crippen LogP contribution in [0, 0.1) is 5.82 Å². The van der Waals surface area contributed by atoms with Crippen LogP contribution >= 0.6 is 0 Å². The molecular formula is C23H24FN7O. The van der Waals surface area contributed by atoms with Gasteiger partial charge in [0.05, 0.1) is 11.3 Å². The van der Waals surface area contributed by atoms with Crippen molar-refractivity contribution in [2.45, 2.75) is 25.9 Å². The molecule has 0 aliphatic carbocycles. The molecule has 9 heteroatoms.